The van der Waals surface area contributed by atoms with Crippen LogP contribution in [0.1, 0.15) is 49.9 Å². The van der Waals surface area contributed by atoms with E-state index in [1.165, 1.54) is 177 Å². The summed E-state index contributed by atoms with van der Waals surface area (Å²) in [6, 6.07) is 117. The minimum atomic E-state index is -0.0958. The van der Waals surface area contributed by atoms with E-state index in [2.05, 4.69) is 329 Å². The summed E-state index contributed by atoms with van der Waals surface area (Å²) in [4.78, 5) is 4.77. The lowest BCUT2D eigenvalue weighted by atomic mass is 9.80. The van der Waals surface area contributed by atoms with Crippen molar-refractivity contribution in [3.8, 4) is 66.8 Å². The zero-order valence-corrected chi connectivity index (χ0v) is 63.4. The van der Waals surface area contributed by atoms with Gasteiger partial charge < -0.3 is 18.6 Å². The molecule has 0 fully saturated rings. The molecule has 7 heteroatoms. The third-order valence-electron chi connectivity index (χ3n) is 25.2. The molecule has 26 rings (SSSR count). The van der Waals surface area contributed by atoms with Crippen LogP contribution in [0.5, 0.6) is 0 Å². The summed E-state index contributed by atoms with van der Waals surface area (Å²) in [7, 11) is 0. The molecule has 4 aliphatic rings. The molecule has 0 unspecified atom stereocenters. The monoisotopic (exact) mass is 1470 g/mol. The average molecular weight is 1470 g/mol. The van der Waals surface area contributed by atoms with Gasteiger partial charge >= 0.3 is 0 Å². The maximum Gasteiger partial charge on any atom is 0.137 e. The molecule has 0 saturated carbocycles. The van der Waals surface area contributed by atoms with E-state index in [1.807, 2.05) is 58.3 Å². The van der Waals surface area contributed by atoms with Crippen LogP contribution >= 0.6 is 34.0 Å². The Morgan fingerprint density at radius 2 is 0.667 bits per heavy atom. The molecule has 0 aliphatic heterocycles. The van der Waals surface area contributed by atoms with Crippen LogP contribution in [-0.2, 0) is 10.8 Å². The molecule has 5 heterocycles. The molecule has 22 aromatic rings. The molecule has 0 saturated heterocycles. The van der Waals surface area contributed by atoms with E-state index in [0.717, 1.165) is 72.3 Å². The minimum Gasteiger partial charge on any atom is -0.456 e. The molecule has 4 aliphatic carbocycles. The Kier molecular flexibility index (Phi) is 12.5. The van der Waals surface area contributed by atoms with Crippen LogP contribution in [0.15, 0.2) is 324 Å². The standard InChI is InChI=1S/C55H33NO2S.C49H31NS2/c1-55(2)42-16-8-14-37-38-15-9-19-48-51(38)54-49(59-48)29-40(39-23-24-43(55)53(50(37)42)52(39)54)30-10-7-11-31(26-30)56(32-21-25-46-41(27-32)35-13-4-6-18-45(35)57-46)33-20-22-36-34-12-3-5-17-44(34)58-47(36)28-33;1-49(2)38-15-7-6-12-32(38)33-23-22-31(26-39(33)49)50(29-10-4-3-5-11-29)30-20-18-28(19-21-30)37-27-43-48-45-35(14-9-17-41(45)52-43)34-13-8-16-40-44(34)47-42(51-40)25-24-36(37)46(47)48/h3-29H,1-2H3;3-27H,1-2H3. The van der Waals surface area contributed by atoms with Crippen LogP contribution in [0.4, 0.5) is 34.1 Å². The second kappa shape index (κ2) is 22.4. The number of thiophene rings is 3. The summed E-state index contributed by atoms with van der Waals surface area (Å²) in [6.07, 6.45) is 0. The molecule has 520 valence electrons. The van der Waals surface area contributed by atoms with Gasteiger partial charge in [-0.3, -0.25) is 0 Å². The summed E-state index contributed by atoms with van der Waals surface area (Å²) < 4.78 is 20.9. The van der Waals surface area contributed by atoms with Gasteiger partial charge in [-0.15, -0.1) is 34.0 Å². The largest absolute Gasteiger partial charge is 0.456 e. The Balaban J connectivity index is 0.000000127. The zero-order chi connectivity index (χ0) is 73.0. The number of rotatable bonds is 8. The molecule has 0 atom stereocenters. The van der Waals surface area contributed by atoms with Gasteiger partial charge in [0.2, 0.25) is 0 Å². The molecule has 5 aromatic heterocycles. The van der Waals surface area contributed by atoms with Gasteiger partial charge in [-0.1, -0.05) is 210 Å². The zero-order valence-electron chi connectivity index (χ0n) is 61.0. The first-order valence-corrected chi connectivity index (χ1v) is 40.8. The number of hydrogen-bond donors (Lipinski definition) is 0. The van der Waals surface area contributed by atoms with Gasteiger partial charge in [0, 0.05) is 138 Å². The Hall–Kier alpha value is -12.9. The Morgan fingerprint density at radius 3 is 1.42 bits per heavy atom. The van der Waals surface area contributed by atoms with Crippen molar-refractivity contribution in [1.29, 1.82) is 0 Å². The third-order valence-corrected chi connectivity index (χ3v) is 28.5. The van der Waals surface area contributed by atoms with E-state index in [0.29, 0.717) is 0 Å². The number of benzene rings is 17. The van der Waals surface area contributed by atoms with Crippen LogP contribution in [0.3, 0.4) is 0 Å². The average Bonchev–Trinajstić information content (AvgIpc) is 1.52. The van der Waals surface area contributed by atoms with Crippen LogP contribution in [0.2, 0.25) is 0 Å². The molecule has 17 aromatic carbocycles. The van der Waals surface area contributed by atoms with Crippen molar-refractivity contribution in [1.82, 2.24) is 0 Å². The van der Waals surface area contributed by atoms with E-state index >= 15 is 0 Å². The summed E-state index contributed by atoms with van der Waals surface area (Å²) >= 11 is 5.78. The van der Waals surface area contributed by atoms with Crippen molar-refractivity contribution >= 4 is 194 Å². The van der Waals surface area contributed by atoms with Crippen LogP contribution in [0.25, 0.3) is 193 Å². The summed E-state index contributed by atoms with van der Waals surface area (Å²) in [5.74, 6) is 0. The molecule has 0 N–H and O–H groups in total. The van der Waals surface area contributed by atoms with Crippen LogP contribution in [0, 0.1) is 0 Å². The van der Waals surface area contributed by atoms with E-state index in [9.17, 15) is 0 Å². The maximum absolute atomic E-state index is 6.48. The fraction of sp³-hybridized carbons (Fsp3) is 0.0577. The first-order chi connectivity index (χ1) is 54.5. The van der Waals surface area contributed by atoms with Gasteiger partial charge in [-0.2, -0.15) is 0 Å². The predicted octanol–water partition coefficient (Wildman–Crippen LogP) is 31.4. The summed E-state index contributed by atoms with van der Waals surface area (Å²) in [5, 5.41) is 18.3. The first kappa shape index (κ1) is 62.1. The minimum absolute atomic E-state index is 0.0668. The van der Waals surface area contributed by atoms with E-state index < -0.39 is 0 Å². The first-order valence-electron chi connectivity index (χ1n) is 38.3. The molecule has 0 radical (unpaired) electrons. The third kappa shape index (κ3) is 8.52. The maximum atomic E-state index is 6.48. The smallest absolute Gasteiger partial charge is 0.137 e. The molecule has 4 nitrogen and oxygen atoms in total. The molecular formula is C104H64N2O2S3. The van der Waals surface area contributed by atoms with Crippen molar-refractivity contribution in [2.45, 2.75) is 38.5 Å². The van der Waals surface area contributed by atoms with Gasteiger partial charge in [-0.05, 0) is 233 Å². The Bertz CT molecular complexity index is 7890. The number of hydrogen-bond acceptors (Lipinski definition) is 7. The highest BCUT2D eigenvalue weighted by Gasteiger charge is 2.41. The van der Waals surface area contributed by atoms with Crippen LogP contribution < -0.4 is 9.80 Å². The second-order valence-corrected chi connectivity index (χ2v) is 34.9. The van der Waals surface area contributed by atoms with Crippen molar-refractivity contribution < 1.29 is 8.83 Å². The lowest BCUT2D eigenvalue weighted by Crippen LogP contribution is -2.16. The molecule has 0 amide bonds. The lowest BCUT2D eigenvalue weighted by Gasteiger charge is -2.28. The van der Waals surface area contributed by atoms with E-state index in [4.69, 9.17) is 8.83 Å². The fourth-order valence-electron chi connectivity index (χ4n) is 20.2. The number of para-hydroxylation sites is 3. The topological polar surface area (TPSA) is 32.8 Å². The van der Waals surface area contributed by atoms with Gasteiger partial charge in [-0.25, -0.2) is 0 Å². The van der Waals surface area contributed by atoms with Crippen molar-refractivity contribution in [3.63, 3.8) is 0 Å². The van der Waals surface area contributed by atoms with E-state index in [1.54, 1.807) is 0 Å². The van der Waals surface area contributed by atoms with Crippen molar-refractivity contribution in [3.05, 3.63) is 338 Å². The van der Waals surface area contributed by atoms with Gasteiger partial charge in [0.15, 0.2) is 0 Å². The number of nitrogens with zero attached hydrogens (tertiary/aromatic N) is 2. The second-order valence-electron chi connectivity index (χ2n) is 31.6. The number of furan rings is 2. The molecule has 0 bridgehead atoms. The van der Waals surface area contributed by atoms with E-state index in [-0.39, 0.29) is 10.8 Å². The Morgan fingerprint density at radius 1 is 0.216 bits per heavy atom. The van der Waals surface area contributed by atoms with Gasteiger partial charge in [0.25, 0.3) is 0 Å². The predicted molar refractivity (Wildman–Crippen MR) is 474 cm³/mol. The highest BCUT2D eigenvalue weighted by atomic mass is 32.1. The normalized spacial score (nSPS) is 13.7. The quantitative estimate of drug-likeness (QED) is 0.152. The summed E-state index contributed by atoms with van der Waals surface area (Å²) in [6.45, 7) is 9.51. The SMILES string of the molecule is CC1(C)c2cccc3c2-c2c1ccc1c(-c4cccc(N(c5ccc6c(c5)oc5ccccc56)c5ccc6oc7ccccc7c6c5)c4)cc4sc5cccc-3c5c4c21.CC1(C)c2ccccc2-c2ccc(N(c3ccccc3)c3ccc(-c4cc5sc6cccc7c6c5c5c4ccc4sc6cccc-7c6c45)cc3)cc21. The number of fused-ring (bicyclic) bond motifs is 11. The fourth-order valence-corrected chi connectivity index (χ4v) is 23.7. The van der Waals surface area contributed by atoms with Crippen LogP contribution in [-0.4, -0.2) is 0 Å². The number of anilines is 6. The van der Waals surface area contributed by atoms with Crippen molar-refractivity contribution in [2.75, 3.05) is 9.80 Å². The van der Waals surface area contributed by atoms with Crippen molar-refractivity contribution in [2.24, 2.45) is 0 Å². The molecular weight excluding hydrogens is 1410 g/mol. The van der Waals surface area contributed by atoms with Gasteiger partial charge in [0.05, 0.1) is 0 Å². The van der Waals surface area contributed by atoms with Gasteiger partial charge in [0.1, 0.15) is 22.3 Å². The lowest BCUT2D eigenvalue weighted by molar-refractivity contribution is 0.660. The molecule has 111 heavy (non-hydrogen) atoms. The highest BCUT2D eigenvalue weighted by molar-refractivity contribution is 7.27. The Labute approximate surface area is 650 Å². The highest BCUT2D eigenvalue weighted by Crippen LogP contribution is 2.62. The molecule has 0 spiro atoms. The summed E-state index contributed by atoms with van der Waals surface area (Å²) in [5.41, 5.74) is 31.5.